The van der Waals surface area contributed by atoms with Crippen LogP contribution in [0.4, 0.5) is 0 Å². The van der Waals surface area contributed by atoms with Gasteiger partial charge in [-0.2, -0.15) is 0 Å². The number of hydrogen-bond donors (Lipinski definition) is 3. The normalized spacial score (nSPS) is 14.0. The average Bonchev–Trinajstić information content (AvgIpc) is 1.99. The summed E-state index contributed by atoms with van der Waals surface area (Å²) in [6, 6.07) is 4.24. The van der Waals surface area contributed by atoms with Crippen LogP contribution in [0.2, 0.25) is 0 Å². The molecule has 0 heterocycles. The van der Waals surface area contributed by atoms with Crippen molar-refractivity contribution >= 4 is 0 Å². The lowest BCUT2D eigenvalue weighted by atomic mass is 9.83. The molecule has 78 valence electrons. The van der Waals surface area contributed by atoms with Crippen LogP contribution in [0.5, 0.6) is 11.5 Å². The van der Waals surface area contributed by atoms with Crippen LogP contribution in [-0.4, -0.2) is 10.2 Å². The van der Waals surface area contributed by atoms with Gasteiger partial charge in [-0.05, 0) is 23.1 Å². The summed E-state index contributed by atoms with van der Waals surface area (Å²) in [5.41, 5.74) is 6.64. The standard InChI is InChI=1S/C11H17NO2/c1-11(2,3)10(12)7-4-8(13)6-9(14)5-7/h4-6,10,13-14H,12H2,1-3H3. The van der Waals surface area contributed by atoms with Crippen LogP contribution in [0.25, 0.3) is 0 Å². The first-order chi connectivity index (χ1) is 6.30. The number of phenolic OH excluding ortho intramolecular Hbond substituents is 2. The fourth-order valence-corrected chi connectivity index (χ4v) is 1.30. The van der Waals surface area contributed by atoms with Gasteiger partial charge in [-0.15, -0.1) is 0 Å². The van der Waals surface area contributed by atoms with Gasteiger partial charge in [0.1, 0.15) is 11.5 Å². The van der Waals surface area contributed by atoms with E-state index in [0.717, 1.165) is 5.56 Å². The van der Waals surface area contributed by atoms with Gasteiger partial charge in [-0.1, -0.05) is 20.8 Å². The van der Waals surface area contributed by atoms with Gasteiger partial charge in [-0.25, -0.2) is 0 Å². The van der Waals surface area contributed by atoms with Gasteiger partial charge in [-0.3, -0.25) is 0 Å². The molecule has 0 aliphatic carbocycles. The summed E-state index contributed by atoms with van der Waals surface area (Å²) >= 11 is 0. The molecular weight excluding hydrogens is 178 g/mol. The Hall–Kier alpha value is -1.22. The van der Waals surface area contributed by atoms with Crippen molar-refractivity contribution in [3.05, 3.63) is 23.8 Å². The molecule has 3 heteroatoms. The van der Waals surface area contributed by atoms with Crippen molar-refractivity contribution in [1.82, 2.24) is 0 Å². The van der Waals surface area contributed by atoms with Crippen LogP contribution in [0.3, 0.4) is 0 Å². The van der Waals surface area contributed by atoms with E-state index < -0.39 is 0 Å². The van der Waals surface area contributed by atoms with E-state index in [-0.39, 0.29) is 23.0 Å². The van der Waals surface area contributed by atoms with Gasteiger partial charge in [0.05, 0.1) is 0 Å². The quantitative estimate of drug-likeness (QED) is 0.643. The zero-order valence-electron chi connectivity index (χ0n) is 8.78. The number of hydrogen-bond acceptors (Lipinski definition) is 3. The van der Waals surface area contributed by atoms with E-state index in [1.165, 1.54) is 6.07 Å². The Labute approximate surface area is 84.2 Å². The second-order valence-corrected chi connectivity index (χ2v) is 4.63. The number of nitrogens with two attached hydrogens (primary N) is 1. The molecule has 0 fully saturated rings. The first-order valence-electron chi connectivity index (χ1n) is 4.59. The fraction of sp³-hybridized carbons (Fsp3) is 0.455. The summed E-state index contributed by atoms with van der Waals surface area (Å²) in [6.45, 7) is 6.04. The third kappa shape index (κ3) is 2.39. The number of phenols is 2. The lowest BCUT2D eigenvalue weighted by molar-refractivity contribution is 0.325. The van der Waals surface area contributed by atoms with Gasteiger partial charge in [0.25, 0.3) is 0 Å². The van der Waals surface area contributed by atoms with Crippen LogP contribution in [0.1, 0.15) is 32.4 Å². The predicted molar refractivity (Wildman–Crippen MR) is 56.2 cm³/mol. The molecule has 0 aliphatic heterocycles. The summed E-state index contributed by atoms with van der Waals surface area (Å²) in [7, 11) is 0. The second kappa shape index (κ2) is 3.50. The van der Waals surface area contributed by atoms with Crippen molar-refractivity contribution in [2.75, 3.05) is 0 Å². The summed E-state index contributed by atoms with van der Waals surface area (Å²) in [4.78, 5) is 0. The topological polar surface area (TPSA) is 66.5 Å². The van der Waals surface area contributed by atoms with Crippen LogP contribution >= 0.6 is 0 Å². The Kier molecular flexibility index (Phi) is 2.71. The minimum absolute atomic E-state index is 0.0414. The van der Waals surface area contributed by atoms with E-state index >= 15 is 0 Å². The van der Waals surface area contributed by atoms with Gasteiger partial charge in [0.2, 0.25) is 0 Å². The molecular formula is C11H17NO2. The zero-order chi connectivity index (χ0) is 10.9. The van der Waals surface area contributed by atoms with Crippen LogP contribution in [0.15, 0.2) is 18.2 Å². The first-order valence-corrected chi connectivity index (χ1v) is 4.59. The Bertz CT molecular complexity index is 308. The molecule has 0 aliphatic rings. The fourth-order valence-electron chi connectivity index (χ4n) is 1.30. The first kappa shape index (κ1) is 10.9. The van der Waals surface area contributed by atoms with E-state index in [4.69, 9.17) is 5.73 Å². The van der Waals surface area contributed by atoms with Crippen molar-refractivity contribution in [1.29, 1.82) is 0 Å². The summed E-state index contributed by atoms with van der Waals surface area (Å²) < 4.78 is 0. The largest absolute Gasteiger partial charge is 0.508 e. The number of aromatic hydroxyl groups is 2. The van der Waals surface area contributed by atoms with E-state index in [0.29, 0.717) is 0 Å². The lowest BCUT2D eigenvalue weighted by Gasteiger charge is -2.27. The van der Waals surface area contributed by atoms with Gasteiger partial charge < -0.3 is 15.9 Å². The highest BCUT2D eigenvalue weighted by molar-refractivity contribution is 5.38. The molecule has 0 bridgehead atoms. The Morgan fingerprint density at radius 2 is 1.50 bits per heavy atom. The van der Waals surface area contributed by atoms with Crippen LogP contribution in [-0.2, 0) is 0 Å². The molecule has 0 saturated heterocycles. The van der Waals surface area contributed by atoms with E-state index in [1.807, 2.05) is 20.8 Å². The molecule has 0 spiro atoms. The van der Waals surface area contributed by atoms with Gasteiger partial charge >= 0.3 is 0 Å². The smallest absolute Gasteiger partial charge is 0.119 e. The molecule has 14 heavy (non-hydrogen) atoms. The lowest BCUT2D eigenvalue weighted by Crippen LogP contribution is -2.26. The maximum Gasteiger partial charge on any atom is 0.119 e. The van der Waals surface area contributed by atoms with E-state index in [1.54, 1.807) is 12.1 Å². The Balaban J connectivity index is 3.07. The molecule has 1 aromatic rings. The van der Waals surface area contributed by atoms with Gasteiger partial charge in [0.15, 0.2) is 0 Å². The molecule has 0 amide bonds. The SMILES string of the molecule is CC(C)(C)C(N)c1cc(O)cc(O)c1. The maximum atomic E-state index is 9.29. The minimum atomic E-state index is -0.208. The monoisotopic (exact) mass is 195 g/mol. The Morgan fingerprint density at radius 3 is 1.86 bits per heavy atom. The number of benzene rings is 1. The van der Waals surface area contributed by atoms with Crippen LogP contribution < -0.4 is 5.73 Å². The van der Waals surface area contributed by atoms with Crippen LogP contribution in [0, 0.1) is 5.41 Å². The number of rotatable bonds is 1. The molecule has 1 aromatic carbocycles. The highest BCUT2D eigenvalue weighted by atomic mass is 16.3. The molecule has 4 N–H and O–H groups in total. The second-order valence-electron chi connectivity index (χ2n) is 4.63. The molecule has 1 rings (SSSR count). The van der Waals surface area contributed by atoms with E-state index in [9.17, 15) is 10.2 Å². The highest BCUT2D eigenvalue weighted by Crippen LogP contribution is 2.33. The molecule has 0 aromatic heterocycles. The third-order valence-corrected chi connectivity index (χ3v) is 2.22. The molecule has 3 nitrogen and oxygen atoms in total. The highest BCUT2D eigenvalue weighted by Gasteiger charge is 2.22. The minimum Gasteiger partial charge on any atom is -0.508 e. The third-order valence-electron chi connectivity index (χ3n) is 2.22. The van der Waals surface area contributed by atoms with Gasteiger partial charge in [0, 0.05) is 12.1 Å². The molecule has 1 unspecified atom stereocenters. The average molecular weight is 195 g/mol. The van der Waals surface area contributed by atoms with E-state index in [2.05, 4.69) is 0 Å². The predicted octanol–water partition coefficient (Wildman–Crippen LogP) is 2.14. The van der Waals surface area contributed by atoms with Crippen molar-refractivity contribution in [3.63, 3.8) is 0 Å². The Morgan fingerprint density at radius 1 is 1.07 bits per heavy atom. The molecule has 0 radical (unpaired) electrons. The maximum absolute atomic E-state index is 9.29. The molecule has 1 atom stereocenters. The summed E-state index contributed by atoms with van der Waals surface area (Å²) in [5.74, 6) is 0.0828. The van der Waals surface area contributed by atoms with Crippen molar-refractivity contribution in [2.45, 2.75) is 26.8 Å². The van der Waals surface area contributed by atoms with Crippen molar-refractivity contribution in [2.24, 2.45) is 11.1 Å². The summed E-state index contributed by atoms with van der Waals surface area (Å²) in [6.07, 6.45) is 0. The summed E-state index contributed by atoms with van der Waals surface area (Å²) in [5, 5.41) is 18.6. The molecule has 0 saturated carbocycles. The zero-order valence-corrected chi connectivity index (χ0v) is 8.78. The van der Waals surface area contributed by atoms with Crippen molar-refractivity contribution < 1.29 is 10.2 Å². The van der Waals surface area contributed by atoms with Crippen molar-refractivity contribution in [3.8, 4) is 11.5 Å².